The topological polar surface area (TPSA) is 76.7 Å². The van der Waals surface area contributed by atoms with Gasteiger partial charge in [0.2, 0.25) is 0 Å². The largest absolute Gasteiger partial charge is 0.466 e. The van der Waals surface area contributed by atoms with Crippen molar-refractivity contribution in [3.8, 4) is 0 Å². The highest BCUT2D eigenvalue weighted by Gasteiger charge is 2.39. The third-order valence-corrected chi connectivity index (χ3v) is 3.87. The summed E-state index contributed by atoms with van der Waals surface area (Å²) in [5.74, 6) is -0.778. The van der Waals surface area contributed by atoms with Gasteiger partial charge in [-0.05, 0) is 54.4 Å². The minimum absolute atomic E-state index is 0.00252. The predicted molar refractivity (Wildman–Crippen MR) is 89.1 cm³/mol. The highest BCUT2D eigenvalue weighted by atomic mass is 16.5. The van der Waals surface area contributed by atoms with Gasteiger partial charge in [0, 0.05) is 17.1 Å². The SMILES string of the molecule is CCOC(=O)CC(NC1CC(C)(C)NC(C)(C)C1)C(=O)OCC. The molecule has 0 radical (unpaired) electrons. The first-order valence-corrected chi connectivity index (χ1v) is 8.46. The van der Waals surface area contributed by atoms with Crippen LogP contribution in [0.1, 0.15) is 60.8 Å². The number of ether oxygens (including phenoxy) is 2. The smallest absolute Gasteiger partial charge is 0.323 e. The number of piperidine rings is 1. The normalized spacial score (nSPS) is 21.5. The van der Waals surface area contributed by atoms with E-state index in [1.165, 1.54) is 0 Å². The first-order chi connectivity index (χ1) is 10.6. The standard InChI is InChI=1S/C17H32N2O4/c1-7-22-14(20)9-13(15(21)23-8-2)18-12-10-16(3,4)19-17(5,6)11-12/h12-13,18-19H,7-11H2,1-6H3. The van der Waals surface area contributed by atoms with Crippen molar-refractivity contribution >= 4 is 11.9 Å². The molecule has 1 unspecified atom stereocenters. The Balaban J connectivity index is 2.78. The van der Waals surface area contributed by atoms with Crippen LogP contribution in [0.2, 0.25) is 0 Å². The van der Waals surface area contributed by atoms with Gasteiger partial charge in [0.25, 0.3) is 0 Å². The van der Waals surface area contributed by atoms with E-state index >= 15 is 0 Å². The molecule has 2 N–H and O–H groups in total. The van der Waals surface area contributed by atoms with Crippen molar-refractivity contribution in [1.82, 2.24) is 10.6 Å². The summed E-state index contributed by atoms with van der Waals surface area (Å²) < 4.78 is 10.1. The molecule has 6 heteroatoms. The first kappa shape index (κ1) is 19.9. The molecule has 1 rings (SSSR count). The summed E-state index contributed by atoms with van der Waals surface area (Å²) in [5, 5.41) is 6.93. The molecule has 134 valence electrons. The van der Waals surface area contributed by atoms with Crippen LogP contribution in [0, 0.1) is 0 Å². The van der Waals surface area contributed by atoms with E-state index in [-0.39, 0.29) is 29.5 Å². The summed E-state index contributed by atoms with van der Waals surface area (Å²) in [6.07, 6.45) is 1.74. The summed E-state index contributed by atoms with van der Waals surface area (Å²) >= 11 is 0. The van der Waals surface area contributed by atoms with Crippen LogP contribution in [-0.4, -0.2) is 48.3 Å². The number of esters is 2. The van der Waals surface area contributed by atoms with Crippen LogP contribution >= 0.6 is 0 Å². The van der Waals surface area contributed by atoms with Gasteiger partial charge in [-0.2, -0.15) is 0 Å². The summed E-state index contributed by atoms with van der Waals surface area (Å²) in [6.45, 7) is 12.7. The molecule has 1 atom stereocenters. The maximum absolute atomic E-state index is 12.2. The van der Waals surface area contributed by atoms with Crippen molar-refractivity contribution in [2.24, 2.45) is 0 Å². The Morgan fingerprint density at radius 3 is 2.09 bits per heavy atom. The lowest BCUT2D eigenvalue weighted by atomic mass is 9.79. The van der Waals surface area contributed by atoms with E-state index in [0.717, 1.165) is 12.8 Å². The van der Waals surface area contributed by atoms with E-state index in [0.29, 0.717) is 13.2 Å². The van der Waals surface area contributed by atoms with Crippen LogP contribution in [0.15, 0.2) is 0 Å². The Labute approximate surface area is 139 Å². The lowest BCUT2D eigenvalue weighted by Crippen LogP contribution is -2.63. The van der Waals surface area contributed by atoms with Crippen molar-refractivity contribution in [1.29, 1.82) is 0 Å². The van der Waals surface area contributed by atoms with E-state index in [9.17, 15) is 9.59 Å². The number of hydrogen-bond donors (Lipinski definition) is 2. The summed E-state index contributed by atoms with van der Waals surface area (Å²) in [6, 6.07) is -0.534. The quantitative estimate of drug-likeness (QED) is 0.694. The molecule has 0 aromatic heterocycles. The summed E-state index contributed by atoms with van der Waals surface area (Å²) in [4.78, 5) is 23.9. The molecule has 1 aliphatic rings. The molecule has 1 heterocycles. The zero-order valence-electron chi connectivity index (χ0n) is 15.3. The van der Waals surface area contributed by atoms with Gasteiger partial charge in [0.05, 0.1) is 19.6 Å². The van der Waals surface area contributed by atoms with Gasteiger partial charge in [-0.3, -0.25) is 9.59 Å². The average Bonchev–Trinajstić information content (AvgIpc) is 2.34. The Bertz CT molecular complexity index is 405. The first-order valence-electron chi connectivity index (χ1n) is 8.46. The number of carbonyl (C=O) groups excluding carboxylic acids is 2. The van der Waals surface area contributed by atoms with Crippen molar-refractivity contribution in [2.45, 2.75) is 84.0 Å². The fourth-order valence-corrected chi connectivity index (χ4v) is 3.56. The van der Waals surface area contributed by atoms with Crippen molar-refractivity contribution < 1.29 is 19.1 Å². The van der Waals surface area contributed by atoms with Crippen LogP contribution in [0.25, 0.3) is 0 Å². The second-order valence-corrected chi connectivity index (χ2v) is 7.48. The van der Waals surface area contributed by atoms with Gasteiger partial charge in [-0.15, -0.1) is 0 Å². The third kappa shape index (κ3) is 6.87. The van der Waals surface area contributed by atoms with Crippen LogP contribution in [0.3, 0.4) is 0 Å². The number of hydrogen-bond acceptors (Lipinski definition) is 6. The summed E-state index contributed by atoms with van der Waals surface area (Å²) in [5.41, 5.74) is -0.0783. The van der Waals surface area contributed by atoms with E-state index in [4.69, 9.17) is 9.47 Å². The highest BCUT2D eigenvalue weighted by Crippen LogP contribution is 2.29. The van der Waals surface area contributed by atoms with E-state index in [1.54, 1.807) is 13.8 Å². The monoisotopic (exact) mass is 328 g/mol. The Morgan fingerprint density at radius 2 is 1.61 bits per heavy atom. The van der Waals surface area contributed by atoms with Crippen LogP contribution in [-0.2, 0) is 19.1 Å². The van der Waals surface area contributed by atoms with Gasteiger partial charge in [0.15, 0.2) is 0 Å². The molecule has 0 aromatic carbocycles. The van der Waals surface area contributed by atoms with Crippen molar-refractivity contribution in [3.05, 3.63) is 0 Å². The predicted octanol–water partition coefficient (Wildman–Crippen LogP) is 1.77. The fourth-order valence-electron chi connectivity index (χ4n) is 3.56. The minimum Gasteiger partial charge on any atom is -0.466 e. The van der Waals surface area contributed by atoms with Crippen LogP contribution < -0.4 is 10.6 Å². The summed E-state index contributed by atoms with van der Waals surface area (Å²) in [7, 11) is 0. The van der Waals surface area contributed by atoms with Crippen LogP contribution in [0.4, 0.5) is 0 Å². The maximum atomic E-state index is 12.2. The highest BCUT2D eigenvalue weighted by molar-refractivity contribution is 5.82. The molecule has 0 bridgehead atoms. The Kier molecular flexibility index (Phi) is 7.02. The molecule has 1 saturated heterocycles. The zero-order chi connectivity index (χ0) is 17.7. The second kappa shape index (κ2) is 8.11. The maximum Gasteiger partial charge on any atom is 0.323 e. The molecule has 23 heavy (non-hydrogen) atoms. The van der Waals surface area contributed by atoms with E-state index in [1.807, 2.05) is 0 Å². The average molecular weight is 328 g/mol. The molecule has 0 spiro atoms. The fraction of sp³-hybridized carbons (Fsp3) is 0.882. The minimum atomic E-state index is -0.663. The number of nitrogens with one attached hydrogen (secondary N) is 2. The molecule has 0 saturated carbocycles. The third-order valence-electron chi connectivity index (χ3n) is 3.87. The second-order valence-electron chi connectivity index (χ2n) is 7.48. The van der Waals surface area contributed by atoms with E-state index in [2.05, 4.69) is 38.3 Å². The number of rotatable bonds is 7. The van der Waals surface area contributed by atoms with Crippen molar-refractivity contribution in [3.63, 3.8) is 0 Å². The lowest BCUT2D eigenvalue weighted by Gasteiger charge is -2.47. The van der Waals surface area contributed by atoms with Gasteiger partial charge >= 0.3 is 11.9 Å². The molecular formula is C17H32N2O4. The molecule has 0 aliphatic carbocycles. The van der Waals surface area contributed by atoms with Gasteiger partial charge in [-0.25, -0.2) is 0 Å². The van der Waals surface area contributed by atoms with Crippen molar-refractivity contribution in [2.75, 3.05) is 13.2 Å². The molecule has 1 fully saturated rings. The molecular weight excluding hydrogens is 296 g/mol. The molecule has 6 nitrogen and oxygen atoms in total. The lowest BCUT2D eigenvalue weighted by molar-refractivity contribution is -0.152. The molecule has 0 amide bonds. The van der Waals surface area contributed by atoms with Gasteiger partial charge < -0.3 is 20.1 Å². The van der Waals surface area contributed by atoms with Crippen LogP contribution in [0.5, 0.6) is 0 Å². The Hall–Kier alpha value is -1.14. The molecule has 1 aliphatic heterocycles. The van der Waals surface area contributed by atoms with E-state index < -0.39 is 12.0 Å². The molecule has 0 aromatic rings. The Morgan fingerprint density at radius 1 is 1.09 bits per heavy atom. The number of carbonyl (C=O) groups is 2. The zero-order valence-corrected chi connectivity index (χ0v) is 15.3. The van der Waals surface area contributed by atoms with Gasteiger partial charge in [-0.1, -0.05) is 0 Å². The van der Waals surface area contributed by atoms with Gasteiger partial charge in [0.1, 0.15) is 6.04 Å².